The largest absolute Gasteiger partial charge is 0.493 e. The molecule has 1 fully saturated rings. The number of aromatic nitrogens is 4. The Labute approximate surface area is 172 Å². The Bertz CT molecular complexity index is 1180. The van der Waals surface area contributed by atoms with Crippen LogP contribution in [0.5, 0.6) is 0 Å². The molecule has 0 aliphatic heterocycles. The Morgan fingerprint density at radius 1 is 1.32 bits per heavy atom. The summed E-state index contributed by atoms with van der Waals surface area (Å²) in [6, 6.07) is -0.0367. The summed E-state index contributed by atoms with van der Waals surface area (Å²) < 4.78 is 44.4. The van der Waals surface area contributed by atoms with Gasteiger partial charge >= 0.3 is 12.1 Å². The Morgan fingerprint density at radius 3 is 2.65 bits per heavy atom. The third-order valence-corrected chi connectivity index (χ3v) is 4.81. The number of hydrogen-bond donors (Lipinski definition) is 2. The van der Waals surface area contributed by atoms with Crippen LogP contribution in [0.2, 0.25) is 0 Å². The zero-order chi connectivity index (χ0) is 22.5. The van der Waals surface area contributed by atoms with Gasteiger partial charge in [-0.3, -0.25) is 4.79 Å². The number of carbonyl (C=O) groups excluding carboxylic acids is 2. The van der Waals surface area contributed by atoms with Crippen molar-refractivity contribution < 1.29 is 32.1 Å². The summed E-state index contributed by atoms with van der Waals surface area (Å²) in [6.45, 7) is 3.81. The molecule has 3 aromatic rings. The number of nitrogens with two attached hydrogens (primary N) is 1. The van der Waals surface area contributed by atoms with Crippen molar-refractivity contribution in [3.8, 4) is 11.3 Å². The fourth-order valence-electron chi connectivity index (χ4n) is 3.21. The van der Waals surface area contributed by atoms with Crippen LogP contribution in [-0.4, -0.2) is 37.7 Å². The van der Waals surface area contributed by atoms with Crippen LogP contribution in [-0.2, 0) is 9.63 Å². The average Bonchev–Trinajstić information content (AvgIpc) is 3.31. The highest BCUT2D eigenvalue weighted by molar-refractivity contribution is 6.07. The molecule has 0 saturated heterocycles. The SMILES string of the molecule is CC(C)n1cc(-c2noc(C3CC3)c2C(=O)NOC(=O)C(F)(F)F)c2c(N)ncnc21. The zero-order valence-electron chi connectivity index (χ0n) is 16.4. The normalized spacial score (nSPS) is 14.3. The monoisotopic (exact) mass is 438 g/mol. The van der Waals surface area contributed by atoms with Crippen LogP contribution in [0.1, 0.15) is 54.8 Å². The third-order valence-electron chi connectivity index (χ3n) is 4.81. The van der Waals surface area contributed by atoms with Gasteiger partial charge in [0.05, 0.1) is 5.39 Å². The lowest BCUT2D eigenvalue weighted by Gasteiger charge is -2.08. The molecule has 1 saturated carbocycles. The van der Waals surface area contributed by atoms with E-state index < -0.39 is 18.1 Å². The van der Waals surface area contributed by atoms with E-state index in [-0.39, 0.29) is 34.8 Å². The molecule has 31 heavy (non-hydrogen) atoms. The van der Waals surface area contributed by atoms with Gasteiger partial charge in [-0.25, -0.2) is 14.8 Å². The minimum atomic E-state index is -5.26. The van der Waals surface area contributed by atoms with Crippen LogP contribution in [0, 0.1) is 0 Å². The number of hydrogen-bond acceptors (Lipinski definition) is 8. The molecule has 0 spiro atoms. The van der Waals surface area contributed by atoms with Gasteiger partial charge in [0.1, 0.15) is 29.0 Å². The predicted molar refractivity (Wildman–Crippen MR) is 99.4 cm³/mol. The minimum Gasteiger partial charge on any atom is -0.383 e. The van der Waals surface area contributed by atoms with Gasteiger partial charge in [-0.05, 0) is 26.7 Å². The quantitative estimate of drug-likeness (QED) is 0.593. The van der Waals surface area contributed by atoms with Gasteiger partial charge in [-0.1, -0.05) is 5.16 Å². The highest BCUT2D eigenvalue weighted by atomic mass is 19.4. The molecule has 3 aromatic heterocycles. The molecule has 0 radical (unpaired) electrons. The van der Waals surface area contributed by atoms with E-state index in [1.54, 1.807) is 10.8 Å². The van der Waals surface area contributed by atoms with E-state index in [9.17, 15) is 22.8 Å². The summed E-state index contributed by atoms with van der Waals surface area (Å²) in [5.41, 5.74) is 8.34. The molecule has 0 unspecified atom stereocenters. The van der Waals surface area contributed by atoms with Crippen molar-refractivity contribution in [2.45, 2.75) is 44.8 Å². The van der Waals surface area contributed by atoms with Gasteiger partial charge in [-0.2, -0.15) is 18.7 Å². The second-order valence-electron chi connectivity index (χ2n) is 7.36. The number of carbonyl (C=O) groups is 2. The number of hydroxylamine groups is 1. The predicted octanol–water partition coefficient (Wildman–Crippen LogP) is 2.88. The highest BCUT2D eigenvalue weighted by Gasteiger charge is 2.43. The third kappa shape index (κ3) is 3.66. The maximum absolute atomic E-state index is 12.7. The molecule has 3 N–H and O–H groups in total. The summed E-state index contributed by atoms with van der Waals surface area (Å²) in [6.07, 6.45) is -0.872. The first-order valence-corrected chi connectivity index (χ1v) is 9.28. The van der Waals surface area contributed by atoms with Crippen molar-refractivity contribution in [1.29, 1.82) is 0 Å². The molecule has 0 atom stereocenters. The van der Waals surface area contributed by atoms with E-state index in [2.05, 4.69) is 20.0 Å². The standard InChI is InChI=1S/C18H17F3N6O4/c1-7(2)27-5-9(10-14(22)23-6-24-15(10)27)12-11(13(30-25-12)8-3-4-8)16(28)26-31-17(29)18(19,20)21/h5-8H,3-4H2,1-2H3,(H,26,28)(H2,22,23,24). The number of fused-ring (bicyclic) bond motifs is 1. The van der Waals surface area contributed by atoms with Gasteiger partial charge in [0, 0.05) is 23.7 Å². The van der Waals surface area contributed by atoms with Gasteiger partial charge in [0.2, 0.25) is 0 Å². The first kappa shape index (κ1) is 20.6. The second-order valence-corrected chi connectivity index (χ2v) is 7.36. The number of nitrogens with one attached hydrogen (secondary N) is 1. The van der Waals surface area contributed by atoms with Crippen LogP contribution < -0.4 is 11.2 Å². The average molecular weight is 438 g/mol. The molecule has 1 aliphatic carbocycles. The maximum Gasteiger partial charge on any atom is 0.493 e. The Balaban J connectivity index is 1.81. The molecule has 1 amide bonds. The number of anilines is 1. The number of nitrogens with zero attached hydrogens (tertiary/aromatic N) is 4. The van der Waals surface area contributed by atoms with E-state index >= 15 is 0 Å². The van der Waals surface area contributed by atoms with Gasteiger partial charge in [0.15, 0.2) is 5.76 Å². The van der Waals surface area contributed by atoms with Gasteiger partial charge in [0.25, 0.3) is 5.91 Å². The van der Waals surface area contributed by atoms with E-state index in [1.807, 2.05) is 13.8 Å². The number of rotatable bonds is 4. The summed E-state index contributed by atoms with van der Waals surface area (Å²) >= 11 is 0. The number of alkyl halides is 3. The fraction of sp³-hybridized carbons (Fsp3) is 0.389. The molecule has 0 bridgehead atoms. The van der Waals surface area contributed by atoms with Crippen LogP contribution in [0.3, 0.4) is 0 Å². The van der Waals surface area contributed by atoms with Crippen molar-refractivity contribution in [1.82, 2.24) is 25.2 Å². The molecular formula is C18H17F3N6O4. The molecule has 10 nitrogen and oxygen atoms in total. The topological polar surface area (TPSA) is 138 Å². The number of amides is 1. The molecule has 1 aliphatic rings. The molecule has 4 rings (SSSR count). The molecular weight excluding hydrogens is 421 g/mol. The fourth-order valence-corrected chi connectivity index (χ4v) is 3.21. The van der Waals surface area contributed by atoms with E-state index in [0.29, 0.717) is 16.6 Å². The second kappa shape index (κ2) is 7.25. The lowest BCUT2D eigenvalue weighted by atomic mass is 10.0. The lowest BCUT2D eigenvalue weighted by molar-refractivity contribution is -0.204. The molecule has 3 heterocycles. The first-order chi connectivity index (χ1) is 14.6. The Morgan fingerprint density at radius 2 is 2.03 bits per heavy atom. The summed E-state index contributed by atoms with van der Waals surface area (Å²) in [7, 11) is 0. The highest BCUT2D eigenvalue weighted by Crippen LogP contribution is 2.45. The zero-order valence-corrected chi connectivity index (χ0v) is 16.4. The molecule has 13 heteroatoms. The number of halogens is 3. The van der Waals surface area contributed by atoms with E-state index in [0.717, 1.165) is 12.8 Å². The van der Waals surface area contributed by atoms with Crippen molar-refractivity contribution in [2.24, 2.45) is 0 Å². The van der Waals surface area contributed by atoms with Crippen LogP contribution in [0.15, 0.2) is 17.0 Å². The Kier molecular flexibility index (Phi) is 4.82. The van der Waals surface area contributed by atoms with Crippen LogP contribution in [0.25, 0.3) is 22.3 Å². The Hall–Kier alpha value is -3.64. The van der Waals surface area contributed by atoms with Crippen molar-refractivity contribution in [3.63, 3.8) is 0 Å². The lowest BCUT2D eigenvalue weighted by Crippen LogP contribution is -2.35. The van der Waals surface area contributed by atoms with Crippen molar-refractivity contribution >= 4 is 28.7 Å². The summed E-state index contributed by atoms with van der Waals surface area (Å²) in [4.78, 5) is 35.8. The van der Waals surface area contributed by atoms with Gasteiger partial charge < -0.3 is 19.7 Å². The molecule has 164 valence electrons. The summed E-state index contributed by atoms with van der Waals surface area (Å²) in [5, 5.41) is 4.40. The van der Waals surface area contributed by atoms with Crippen molar-refractivity contribution in [3.05, 3.63) is 23.8 Å². The number of nitrogen functional groups attached to an aromatic ring is 1. The molecule has 0 aromatic carbocycles. The summed E-state index contributed by atoms with van der Waals surface area (Å²) in [5.74, 6) is -3.45. The van der Waals surface area contributed by atoms with Gasteiger partial charge in [-0.15, -0.1) is 0 Å². The first-order valence-electron chi connectivity index (χ1n) is 9.28. The van der Waals surface area contributed by atoms with Crippen LogP contribution in [0.4, 0.5) is 19.0 Å². The van der Waals surface area contributed by atoms with Crippen molar-refractivity contribution in [2.75, 3.05) is 5.73 Å². The smallest absolute Gasteiger partial charge is 0.383 e. The van der Waals surface area contributed by atoms with E-state index in [4.69, 9.17) is 10.3 Å². The van der Waals surface area contributed by atoms with Crippen LogP contribution >= 0.6 is 0 Å². The van der Waals surface area contributed by atoms with E-state index in [1.165, 1.54) is 11.8 Å². The minimum absolute atomic E-state index is 0.0355. The maximum atomic E-state index is 12.7.